The summed E-state index contributed by atoms with van der Waals surface area (Å²) in [7, 11) is 0. The maximum absolute atomic E-state index is 12.1. The van der Waals surface area contributed by atoms with E-state index in [-0.39, 0.29) is 23.4 Å². The first-order chi connectivity index (χ1) is 9.95. The lowest BCUT2D eigenvalue weighted by Gasteiger charge is -2.11. The SMILES string of the molecule is CC(C)Oc1ccc(C(=O)Nc2cc(Cl)ccc2O)cc1. The number of hydrogen-bond donors (Lipinski definition) is 2. The van der Waals surface area contributed by atoms with Gasteiger partial charge in [0.25, 0.3) is 5.91 Å². The van der Waals surface area contributed by atoms with Gasteiger partial charge >= 0.3 is 0 Å². The smallest absolute Gasteiger partial charge is 0.255 e. The van der Waals surface area contributed by atoms with Crippen molar-refractivity contribution in [3.8, 4) is 11.5 Å². The van der Waals surface area contributed by atoms with Crippen molar-refractivity contribution < 1.29 is 14.6 Å². The number of carbonyl (C=O) groups excluding carboxylic acids is 1. The third-order valence-electron chi connectivity index (χ3n) is 2.70. The molecule has 2 aromatic rings. The van der Waals surface area contributed by atoms with Gasteiger partial charge in [-0.2, -0.15) is 0 Å². The third-order valence-corrected chi connectivity index (χ3v) is 2.93. The molecule has 0 atom stereocenters. The molecular formula is C16H16ClNO3. The number of phenols is 1. The van der Waals surface area contributed by atoms with E-state index >= 15 is 0 Å². The third kappa shape index (κ3) is 4.13. The molecule has 21 heavy (non-hydrogen) atoms. The molecule has 4 nitrogen and oxygen atoms in total. The molecule has 0 saturated carbocycles. The number of amides is 1. The molecule has 0 saturated heterocycles. The lowest BCUT2D eigenvalue weighted by Crippen LogP contribution is -2.12. The van der Waals surface area contributed by atoms with Crippen LogP contribution in [0.4, 0.5) is 5.69 Å². The maximum atomic E-state index is 12.1. The van der Waals surface area contributed by atoms with E-state index < -0.39 is 0 Å². The zero-order chi connectivity index (χ0) is 15.4. The Morgan fingerprint density at radius 1 is 1.19 bits per heavy atom. The first-order valence-electron chi connectivity index (χ1n) is 6.52. The summed E-state index contributed by atoms with van der Waals surface area (Å²) >= 11 is 5.84. The van der Waals surface area contributed by atoms with Crippen molar-refractivity contribution in [2.24, 2.45) is 0 Å². The maximum Gasteiger partial charge on any atom is 0.255 e. The second kappa shape index (κ2) is 6.50. The van der Waals surface area contributed by atoms with Crippen LogP contribution in [0.5, 0.6) is 11.5 Å². The number of rotatable bonds is 4. The van der Waals surface area contributed by atoms with Gasteiger partial charge < -0.3 is 15.2 Å². The Balaban J connectivity index is 2.11. The van der Waals surface area contributed by atoms with Crippen molar-refractivity contribution in [1.29, 1.82) is 0 Å². The minimum atomic E-state index is -0.330. The minimum Gasteiger partial charge on any atom is -0.506 e. The van der Waals surface area contributed by atoms with Gasteiger partial charge in [0.2, 0.25) is 0 Å². The Hall–Kier alpha value is -2.20. The van der Waals surface area contributed by atoms with Crippen LogP contribution in [0.25, 0.3) is 0 Å². The molecule has 110 valence electrons. The number of ether oxygens (including phenoxy) is 1. The number of phenolic OH excluding ortho intramolecular Hbond substituents is 1. The number of hydrogen-bond acceptors (Lipinski definition) is 3. The number of carbonyl (C=O) groups is 1. The summed E-state index contributed by atoms with van der Waals surface area (Å²) in [5.74, 6) is 0.336. The quantitative estimate of drug-likeness (QED) is 0.837. The molecule has 1 amide bonds. The summed E-state index contributed by atoms with van der Waals surface area (Å²) in [6.45, 7) is 3.87. The van der Waals surface area contributed by atoms with Crippen molar-refractivity contribution in [3.05, 3.63) is 53.1 Å². The average Bonchev–Trinajstić information content (AvgIpc) is 2.43. The second-order valence-electron chi connectivity index (χ2n) is 4.81. The predicted molar refractivity (Wildman–Crippen MR) is 83.3 cm³/mol. The van der Waals surface area contributed by atoms with E-state index in [0.29, 0.717) is 16.3 Å². The van der Waals surface area contributed by atoms with Gasteiger partial charge in [-0.25, -0.2) is 0 Å². The van der Waals surface area contributed by atoms with Crippen LogP contribution in [0.15, 0.2) is 42.5 Å². The molecular weight excluding hydrogens is 290 g/mol. The summed E-state index contributed by atoms with van der Waals surface area (Å²) < 4.78 is 5.51. The Bertz CT molecular complexity index is 638. The number of aromatic hydroxyl groups is 1. The van der Waals surface area contributed by atoms with Gasteiger partial charge in [0.05, 0.1) is 11.8 Å². The van der Waals surface area contributed by atoms with Gasteiger partial charge in [0, 0.05) is 10.6 Å². The van der Waals surface area contributed by atoms with Crippen LogP contribution in [0.3, 0.4) is 0 Å². The van der Waals surface area contributed by atoms with Crippen LogP contribution in [-0.4, -0.2) is 17.1 Å². The van der Waals surface area contributed by atoms with Crippen LogP contribution in [0.2, 0.25) is 5.02 Å². The predicted octanol–water partition coefficient (Wildman–Crippen LogP) is 4.09. The molecule has 2 aromatic carbocycles. The van der Waals surface area contributed by atoms with Crippen molar-refractivity contribution in [2.45, 2.75) is 20.0 Å². The van der Waals surface area contributed by atoms with Crippen LogP contribution in [0.1, 0.15) is 24.2 Å². The van der Waals surface area contributed by atoms with E-state index in [1.165, 1.54) is 12.1 Å². The fraction of sp³-hybridized carbons (Fsp3) is 0.188. The molecule has 2 N–H and O–H groups in total. The number of halogens is 1. The monoisotopic (exact) mass is 305 g/mol. The molecule has 0 heterocycles. The number of benzene rings is 2. The van der Waals surface area contributed by atoms with Gasteiger partial charge in [0.1, 0.15) is 11.5 Å². The van der Waals surface area contributed by atoms with Crippen molar-refractivity contribution >= 4 is 23.2 Å². The van der Waals surface area contributed by atoms with E-state index in [1.807, 2.05) is 13.8 Å². The van der Waals surface area contributed by atoms with Crippen molar-refractivity contribution in [3.63, 3.8) is 0 Å². The van der Waals surface area contributed by atoms with Crippen LogP contribution in [-0.2, 0) is 0 Å². The molecule has 0 aliphatic heterocycles. The van der Waals surface area contributed by atoms with Crippen LogP contribution < -0.4 is 10.1 Å². The molecule has 0 unspecified atom stereocenters. The molecule has 5 heteroatoms. The molecule has 2 rings (SSSR count). The standard InChI is InChI=1S/C16H16ClNO3/c1-10(2)21-13-6-3-11(4-7-13)16(20)18-14-9-12(17)5-8-15(14)19/h3-10,19H,1-2H3,(H,18,20). The van der Waals surface area contributed by atoms with Crippen LogP contribution in [0, 0.1) is 0 Å². The molecule has 0 aliphatic carbocycles. The van der Waals surface area contributed by atoms with Crippen LogP contribution >= 0.6 is 11.6 Å². The first-order valence-corrected chi connectivity index (χ1v) is 6.90. The van der Waals surface area contributed by atoms with E-state index in [4.69, 9.17) is 16.3 Å². The Labute approximate surface area is 128 Å². The molecule has 0 radical (unpaired) electrons. The zero-order valence-electron chi connectivity index (χ0n) is 11.8. The second-order valence-corrected chi connectivity index (χ2v) is 5.24. The number of anilines is 1. The van der Waals surface area contributed by atoms with Gasteiger partial charge in [0.15, 0.2) is 0 Å². The van der Waals surface area contributed by atoms with Gasteiger partial charge in [-0.1, -0.05) is 11.6 Å². The normalized spacial score (nSPS) is 10.5. The van der Waals surface area contributed by atoms with Crippen molar-refractivity contribution in [2.75, 3.05) is 5.32 Å². The van der Waals surface area contributed by atoms with Gasteiger partial charge in [-0.3, -0.25) is 4.79 Å². The highest BCUT2D eigenvalue weighted by atomic mass is 35.5. The molecule has 0 spiro atoms. The number of nitrogens with one attached hydrogen (secondary N) is 1. The highest BCUT2D eigenvalue weighted by Gasteiger charge is 2.10. The largest absolute Gasteiger partial charge is 0.506 e. The van der Waals surface area contributed by atoms with E-state index in [1.54, 1.807) is 30.3 Å². The Morgan fingerprint density at radius 3 is 2.48 bits per heavy atom. The average molecular weight is 306 g/mol. The molecule has 0 aromatic heterocycles. The summed E-state index contributed by atoms with van der Waals surface area (Å²) in [6.07, 6.45) is 0.0769. The highest BCUT2D eigenvalue weighted by Crippen LogP contribution is 2.27. The zero-order valence-corrected chi connectivity index (χ0v) is 12.5. The summed E-state index contributed by atoms with van der Waals surface area (Å²) in [5, 5.41) is 12.7. The topological polar surface area (TPSA) is 58.6 Å². The van der Waals surface area contributed by atoms with Crippen molar-refractivity contribution in [1.82, 2.24) is 0 Å². The summed E-state index contributed by atoms with van der Waals surface area (Å²) in [4.78, 5) is 12.1. The van der Waals surface area contributed by atoms with E-state index in [9.17, 15) is 9.90 Å². The summed E-state index contributed by atoms with van der Waals surface area (Å²) in [5.41, 5.74) is 0.737. The lowest BCUT2D eigenvalue weighted by molar-refractivity contribution is 0.102. The van der Waals surface area contributed by atoms with E-state index in [2.05, 4.69) is 5.32 Å². The minimum absolute atomic E-state index is 0.0347. The fourth-order valence-corrected chi connectivity index (χ4v) is 1.93. The molecule has 0 bridgehead atoms. The van der Waals surface area contributed by atoms with E-state index in [0.717, 1.165) is 0 Å². The molecule has 0 aliphatic rings. The lowest BCUT2D eigenvalue weighted by atomic mass is 10.2. The van der Waals surface area contributed by atoms with Gasteiger partial charge in [-0.15, -0.1) is 0 Å². The Kier molecular flexibility index (Phi) is 4.70. The first kappa shape index (κ1) is 15.2. The fourth-order valence-electron chi connectivity index (χ4n) is 1.76. The Morgan fingerprint density at radius 2 is 1.86 bits per heavy atom. The summed E-state index contributed by atoms with van der Waals surface area (Å²) in [6, 6.07) is 11.2. The molecule has 0 fully saturated rings. The van der Waals surface area contributed by atoms with Gasteiger partial charge in [-0.05, 0) is 56.3 Å². The highest BCUT2D eigenvalue weighted by molar-refractivity contribution is 6.31.